The van der Waals surface area contributed by atoms with Gasteiger partial charge in [-0.15, -0.1) is 0 Å². The molecule has 2 aliphatic heterocycles. The maximum Gasteiger partial charge on any atom is 0.433 e. The minimum atomic E-state index is -4.73. The molecule has 4 aromatic rings. The summed E-state index contributed by atoms with van der Waals surface area (Å²) in [5.41, 5.74) is -0.0515. The smallest absolute Gasteiger partial charge is 0.328 e. The highest BCUT2D eigenvalue weighted by molar-refractivity contribution is 6.07. The van der Waals surface area contributed by atoms with Gasteiger partial charge < -0.3 is 4.90 Å². The Bertz CT molecular complexity index is 2030. The first-order valence-corrected chi connectivity index (χ1v) is 17.0. The Labute approximate surface area is 291 Å². The van der Waals surface area contributed by atoms with Gasteiger partial charge in [0.15, 0.2) is 11.6 Å². The predicted molar refractivity (Wildman–Crippen MR) is 179 cm³/mol. The Kier molecular flexibility index (Phi) is 9.88. The first-order valence-electron chi connectivity index (χ1n) is 17.0. The van der Waals surface area contributed by atoms with Crippen LogP contribution in [-0.2, 0) is 39.9 Å². The van der Waals surface area contributed by atoms with Gasteiger partial charge in [0.25, 0.3) is 0 Å². The van der Waals surface area contributed by atoms with Crippen LogP contribution in [-0.4, -0.2) is 71.1 Å². The van der Waals surface area contributed by atoms with Crippen molar-refractivity contribution in [2.45, 2.75) is 103 Å². The van der Waals surface area contributed by atoms with Crippen molar-refractivity contribution in [2.75, 3.05) is 6.54 Å². The van der Waals surface area contributed by atoms with Crippen molar-refractivity contribution in [3.63, 3.8) is 0 Å². The molecule has 3 aromatic heterocycles. The molecule has 14 heteroatoms. The van der Waals surface area contributed by atoms with Gasteiger partial charge in [0, 0.05) is 49.5 Å². The van der Waals surface area contributed by atoms with E-state index in [1.165, 1.54) is 24.6 Å². The van der Waals surface area contributed by atoms with E-state index in [9.17, 15) is 32.3 Å². The van der Waals surface area contributed by atoms with Crippen molar-refractivity contribution in [1.29, 1.82) is 0 Å². The van der Waals surface area contributed by atoms with Crippen LogP contribution in [0.1, 0.15) is 90.7 Å². The number of amides is 1. The number of pyridine rings is 1. The van der Waals surface area contributed by atoms with E-state index >= 15 is 4.39 Å². The average molecular weight is 707 g/mol. The van der Waals surface area contributed by atoms with E-state index in [0.29, 0.717) is 48.0 Å². The fraction of sp³-hybridized carbons (Fsp3) is 0.459. The molecule has 2 aliphatic rings. The van der Waals surface area contributed by atoms with E-state index in [4.69, 9.17) is 0 Å². The summed E-state index contributed by atoms with van der Waals surface area (Å²) in [6.07, 6.45) is 0.217. The van der Waals surface area contributed by atoms with E-state index in [0.717, 1.165) is 27.7 Å². The third-order valence-corrected chi connectivity index (χ3v) is 9.82. The number of hydrogen-bond donors (Lipinski definition) is 0. The maximum atomic E-state index is 16.5. The highest BCUT2D eigenvalue weighted by Crippen LogP contribution is 2.38. The number of aryl methyl sites for hydroxylation is 3. The lowest BCUT2D eigenvalue weighted by Crippen LogP contribution is -2.43. The molecule has 0 spiro atoms. The van der Waals surface area contributed by atoms with Crippen LogP contribution in [0.2, 0.25) is 0 Å². The number of rotatable bonds is 5. The summed E-state index contributed by atoms with van der Waals surface area (Å²) in [7, 11) is 0. The summed E-state index contributed by atoms with van der Waals surface area (Å²) in [6, 6.07) is 4.47. The average Bonchev–Trinajstić information content (AvgIpc) is 3.62. The Morgan fingerprint density at radius 3 is 2.41 bits per heavy atom. The van der Waals surface area contributed by atoms with Crippen LogP contribution in [0.5, 0.6) is 0 Å². The van der Waals surface area contributed by atoms with E-state index in [1.54, 1.807) is 25.4 Å². The van der Waals surface area contributed by atoms with Crippen LogP contribution < -0.4 is 0 Å². The summed E-state index contributed by atoms with van der Waals surface area (Å²) < 4.78 is 58.3. The maximum absolute atomic E-state index is 16.5. The number of carbonyl (C=O) groups is 4. The second kappa shape index (κ2) is 14.0. The van der Waals surface area contributed by atoms with Crippen LogP contribution in [0.4, 0.5) is 17.6 Å². The number of hydrogen-bond acceptors (Lipinski definition) is 8. The Balaban J connectivity index is 1.41. The van der Waals surface area contributed by atoms with Gasteiger partial charge in [-0.25, -0.2) is 19.3 Å². The summed E-state index contributed by atoms with van der Waals surface area (Å²) in [4.78, 5) is 67.1. The topological polar surface area (TPSA) is 128 Å². The fourth-order valence-corrected chi connectivity index (χ4v) is 7.06. The molecule has 0 radical (unpaired) electrons. The summed E-state index contributed by atoms with van der Waals surface area (Å²) in [5, 5.41) is 5.08. The van der Waals surface area contributed by atoms with Gasteiger partial charge in [0.05, 0.1) is 30.2 Å². The zero-order chi connectivity index (χ0) is 36.7. The zero-order valence-corrected chi connectivity index (χ0v) is 28.6. The number of fused-ring (bicyclic) bond motifs is 2. The van der Waals surface area contributed by atoms with Crippen LogP contribution >= 0.6 is 0 Å². The first kappa shape index (κ1) is 35.9. The molecule has 1 saturated heterocycles. The molecule has 10 nitrogen and oxygen atoms in total. The van der Waals surface area contributed by atoms with E-state index in [1.807, 2.05) is 6.07 Å². The predicted octanol–water partition coefficient (Wildman–Crippen LogP) is 6.31. The number of carbonyl (C=O) groups excluding carboxylic acids is 4. The van der Waals surface area contributed by atoms with Gasteiger partial charge >= 0.3 is 6.18 Å². The van der Waals surface area contributed by atoms with Gasteiger partial charge in [-0.05, 0) is 74.4 Å². The highest BCUT2D eigenvalue weighted by atomic mass is 19.4. The number of Topliss-reactive ketones (excluding diaryl/α,β-unsaturated/α-hetero) is 3. The number of alkyl halides is 4. The van der Waals surface area contributed by atoms with E-state index in [2.05, 4.69) is 20.1 Å². The molecule has 1 aromatic carbocycles. The number of aromatic nitrogens is 5. The number of benzene rings is 1. The summed E-state index contributed by atoms with van der Waals surface area (Å²) in [6.45, 7) is 3.76. The van der Waals surface area contributed by atoms with Gasteiger partial charge in [-0.1, -0.05) is 12.5 Å². The lowest BCUT2D eigenvalue weighted by atomic mass is 9.92. The molecule has 0 aliphatic carbocycles. The quantitative estimate of drug-likeness (QED) is 0.175. The molecule has 2 atom stereocenters. The third-order valence-electron chi connectivity index (χ3n) is 9.82. The molecule has 1 amide bonds. The Morgan fingerprint density at radius 1 is 0.980 bits per heavy atom. The molecule has 51 heavy (non-hydrogen) atoms. The Hall–Kier alpha value is -4.88. The summed E-state index contributed by atoms with van der Waals surface area (Å²) in [5.74, 6) is -1.18. The first-order chi connectivity index (χ1) is 24.1. The van der Waals surface area contributed by atoms with Gasteiger partial charge in [0.2, 0.25) is 5.91 Å². The number of nitrogens with zero attached hydrogens (tertiary/aromatic N) is 6. The third kappa shape index (κ3) is 7.74. The fourth-order valence-electron chi connectivity index (χ4n) is 7.06. The standard InChI is InChI=1S/C37H38F4N6O4/c1-21-9-10-32(37(39,40)41)44-29(21)15-31(50)30-16-36(38)12-11-27(49)8-6-4-5-7-24-13-25(26-17-42-23(3)43-18-26)14-28-34(22(2)48)45-47(35(24)28)19-33(51)46(30)20-36/h9-10,13-14,17-18,30H,4-8,11-12,15-16,19-20H2,1-3H3/t30-,36-/m0/s1. The highest BCUT2D eigenvalue weighted by Gasteiger charge is 2.49. The second-order valence-corrected chi connectivity index (χ2v) is 13.7. The van der Waals surface area contributed by atoms with Gasteiger partial charge in [-0.2, -0.15) is 18.3 Å². The lowest BCUT2D eigenvalue weighted by Gasteiger charge is -2.24. The van der Waals surface area contributed by atoms with Crippen molar-refractivity contribution in [2.24, 2.45) is 0 Å². The monoisotopic (exact) mass is 706 g/mol. The SMILES string of the molecule is CC(=O)c1nn2c3c(cc(-c4cnc(C)nc4)cc13)CCCCCC(=O)CC[C@]1(F)C[C@@H](C(=O)Cc3nc(C(F)(F)F)ccc3C)N(C1)C(=O)C2. The van der Waals surface area contributed by atoms with E-state index < -0.39 is 61.2 Å². The summed E-state index contributed by atoms with van der Waals surface area (Å²) >= 11 is 0. The van der Waals surface area contributed by atoms with Crippen molar-refractivity contribution < 1.29 is 36.7 Å². The molecule has 2 bridgehead atoms. The zero-order valence-electron chi connectivity index (χ0n) is 28.6. The normalized spacial score (nSPS) is 20.6. The molecule has 1 fully saturated rings. The minimum absolute atomic E-state index is 0.0691. The van der Waals surface area contributed by atoms with Crippen molar-refractivity contribution >= 4 is 34.2 Å². The number of ketones is 3. The van der Waals surface area contributed by atoms with Crippen molar-refractivity contribution in [3.8, 4) is 11.1 Å². The molecular formula is C37H38F4N6O4. The molecule has 0 unspecified atom stereocenters. The molecule has 268 valence electrons. The van der Waals surface area contributed by atoms with Gasteiger partial charge in [-0.3, -0.25) is 23.9 Å². The number of halogens is 4. The van der Waals surface area contributed by atoms with E-state index in [-0.39, 0.29) is 42.2 Å². The minimum Gasteiger partial charge on any atom is -0.328 e. The largest absolute Gasteiger partial charge is 0.433 e. The van der Waals surface area contributed by atoms with Crippen molar-refractivity contribution in [3.05, 3.63) is 70.7 Å². The molecular weight excluding hydrogens is 668 g/mol. The van der Waals surface area contributed by atoms with Crippen LogP contribution in [0.15, 0.2) is 36.7 Å². The molecule has 0 saturated carbocycles. The van der Waals surface area contributed by atoms with Gasteiger partial charge in [0.1, 0.15) is 35.2 Å². The lowest BCUT2D eigenvalue weighted by molar-refractivity contribution is -0.141. The molecule has 6 rings (SSSR count). The van der Waals surface area contributed by atoms with Crippen LogP contribution in [0.25, 0.3) is 22.0 Å². The van der Waals surface area contributed by atoms with Crippen LogP contribution in [0.3, 0.4) is 0 Å². The second-order valence-electron chi connectivity index (χ2n) is 13.7. The van der Waals surface area contributed by atoms with Crippen molar-refractivity contribution in [1.82, 2.24) is 29.6 Å². The van der Waals surface area contributed by atoms with Crippen LogP contribution in [0, 0.1) is 13.8 Å². The molecule has 0 N–H and O–H groups in total. The Morgan fingerprint density at radius 2 is 1.71 bits per heavy atom. The molecule has 5 heterocycles.